The van der Waals surface area contributed by atoms with E-state index in [-0.39, 0.29) is 154 Å². The van der Waals surface area contributed by atoms with Crippen molar-refractivity contribution in [1.29, 1.82) is 0 Å². The molecule has 0 radical (unpaired) electrons. The summed E-state index contributed by atoms with van der Waals surface area (Å²) in [5.74, 6) is 0.922. The van der Waals surface area contributed by atoms with Crippen LogP contribution in [0.4, 0.5) is 68.9 Å². The van der Waals surface area contributed by atoms with Crippen LogP contribution in [0.2, 0.25) is 5.15 Å². The molecule has 0 bridgehead atoms. The molecule has 9 aromatic heterocycles. The van der Waals surface area contributed by atoms with Gasteiger partial charge in [0.25, 0.3) is 34.4 Å². The first-order chi connectivity index (χ1) is 60.3. The largest absolute Gasteiger partial charge is 0.443 e. The van der Waals surface area contributed by atoms with Crippen LogP contribution in [0.1, 0.15) is 168 Å². The van der Waals surface area contributed by atoms with Crippen LogP contribution in [0.25, 0.3) is 16.9 Å². The van der Waals surface area contributed by atoms with Crippen LogP contribution in [-0.2, 0) is 23.7 Å². The van der Waals surface area contributed by atoms with Crippen LogP contribution in [0.3, 0.4) is 0 Å². The molecule has 6 fully saturated rings. The highest BCUT2D eigenvalue weighted by molar-refractivity contribution is 6.30. The third-order valence-corrected chi connectivity index (χ3v) is 23.6. The van der Waals surface area contributed by atoms with Crippen molar-refractivity contribution < 1.29 is 60.8 Å². The van der Waals surface area contributed by atoms with E-state index >= 15 is 0 Å². The average molecular weight is 1770 g/mol. The molecule has 126 heavy (non-hydrogen) atoms. The van der Waals surface area contributed by atoms with Gasteiger partial charge in [0.15, 0.2) is 16.9 Å². The maximum absolute atomic E-state index is 13.6. The smallest absolute Gasteiger partial charge is 0.415 e. The van der Waals surface area contributed by atoms with Gasteiger partial charge in [-0.3, -0.25) is 38.6 Å². The maximum Gasteiger partial charge on any atom is 0.415 e. The summed E-state index contributed by atoms with van der Waals surface area (Å²) in [6.07, 6.45) is 18.4. The van der Waals surface area contributed by atoms with Gasteiger partial charge in [0.1, 0.15) is 93.5 Å². The second-order valence-electron chi connectivity index (χ2n) is 33.9. The minimum Gasteiger partial charge on any atom is -0.443 e. The lowest BCUT2D eigenvalue weighted by molar-refractivity contribution is 0.00731. The van der Waals surface area contributed by atoms with E-state index < -0.39 is 23.4 Å². The predicted octanol–water partition coefficient (Wildman–Crippen LogP) is 9.41. The van der Waals surface area contributed by atoms with Gasteiger partial charge in [0, 0.05) is 156 Å². The highest BCUT2D eigenvalue weighted by atomic mass is 35.5. The molecule has 9 aromatic rings. The highest BCUT2D eigenvalue weighted by Crippen LogP contribution is 2.33. The molecule has 3 aliphatic heterocycles. The summed E-state index contributed by atoms with van der Waals surface area (Å²) in [6.45, 7) is 15.6. The molecule has 3 aliphatic carbocycles. The van der Waals surface area contributed by atoms with Gasteiger partial charge >= 0.3 is 12.2 Å². The number of nitrogens with two attached hydrogens (primary N) is 1. The number of hydrogen-bond acceptors (Lipinski definition) is 26. The molecule has 15 rings (SSSR count). The first kappa shape index (κ1) is 93.8. The molecule has 41 heteroatoms. The number of alkyl halides is 3. The number of aromatic nitrogens is 12. The minimum absolute atomic E-state index is 0.0104. The molecule has 0 unspecified atom stereocenters. The fraction of sp³-hybridized carbons (Fsp3) is 0.553. The Hall–Kier alpha value is -11.3. The quantitative estimate of drug-likeness (QED) is 0.0262. The number of nitrogens with zero attached hydrogens (tertiary/aromatic N) is 17. The molecule has 6 atom stereocenters. The van der Waals surface area contributed by atoms with E-state index in [1.807, 2.05) is 6.07 Å². The van der Waals surface area contributed by atoms with Crippen LogP contribution in [0.5, 0.6) is 0 Å². The molecule has 0 aromatic carbocycles. The van der Waals surface area contributed by atoms with Crippen LogP contribution < -0.4 is 64.1 Å². The number of anilines is 8. The van der Waals surface area contributed by atoms with E-state index in [4.69, 9.17) is 41.0 Å². The van der Waals surface area contributed by atoms with Gasteiger partial charge in [-0.2, -0.15) is 28.8 Å². The topological polar surface area (TPSA) is 402 Å². The second-order valence-corrected chi connectivity index (χ2v) is 34.3. The molecule has 5 amide bonds. The summed E-state index contributed by atoms with van der Waals surface area (Å²) in [5, 5.41) is 31.3. The summed E-state index contributed by atoms with van der Waals surface area (Å²) >= 11 is 6.15. The summed E-state index contributed by atoms with van der Waals surface area (Å²) in [6, 6.07) is 15.2. The van der Waals surface area contributed by atoms with Gasteiger partial charge in [0.05, 0.1) is 60.7 Å². The monoisotopic (exact) mass is 1770 g/mol. The van der Waals surface area contributed by atoms with E-state index in [0.717, 1.165) is 116 Å². The Morgan fingerprint density at radius 3 is 1.17 bits per heavy atom. The number of methoxy groups -OCH3 is 3. The van der Waals surface area contributed by atoms with Crippen molar-refractivity contribution in [2.24, 2.45) is 0 Å². The molecule has 6 aliphatic rings. The van der Waals surface area contributed by atoms with Gasteiger partial charge in [-0.15, -0.1) is 0 Å². The summed E-state index contributed by atoms with van der Waals surface area (Å²) in [7, 11) is 9.71. The molecular weight excluding hydrogens is 1660 g/mol. The van der Waals surface area contributed by atoms with Crippen molar-refractivity contribution in [2.75, 3.05) is 153 Å². The zero-order valence-corrected chi connectivity index (χ0v) is 74.1. The second kappa shape index (κ2) is 41.9. The fourth-order valence-electron chi connectivity index (χ4n) is 15.9. The van der Waals surface area contributed by atoms with Gasteiger partial charge in [-0.1, -0.05) is 11.6 Å². The molecule has 37 nitrogen and oxygen atoms in total. The molecule has 8 N–H and O–H groups in total. The van der Waals surface area contributed by atoms with Crippen LogP contribution >= 0.6 is 11.6 Å². The van der Waals surface area contributed by atoms with E-state index in [0.29, 0.717) is 59.7 Å². The number of pyridine rings is 3. The number of hydrogen-bond donors (Lipinski definition) is 7. The lowest BCUT2D eigenvalue weighted by Gasteiger charge is -2.35. The number of nitrogen functional groups attached to an aromatic ring is 1. The molecular formula is C85H116ClF3N24O13. The van der Waals surface area contributed by atoms with Crippen molar-refractivity contribution >= 4 is 105 Å². The third-order valence-electron chi connectivity index (χ3n) is 23.4. The summed E-state index contributed by atoms with van der Waals surface area (Å²) in [4.78, 5) is 126. The number of fused-ring (bicyclic) bond motifs is 3. The van der Waals surface area contributed by atoms with Crippen molar-refractivity contribution in [3.8, 4) is 0 Å². The van der Waals surface area contributed by atoms with Gasteiger partial charge in [-0.25, -0.2) is 37.7 Å². The van der Waals surface area contributed by atoms with Crippen molar-refractivity contribution in [3.63, 3.8) is 0 Å². The number of rotatable bonds is 25. The van der Waals surface area contributed by atoms with Crippen LogP contribution in [0.15, 0.2) is 106 Å². The number of piperidine rings is 3. The maximum atomic E-state index is 13.6. The SMILES string of the molecule is CNc1cc(Nc2cccn(C3CCN(CCF)CC3)c2=O)nc2c(C(=O)N[C@@H]3CC[C@H]3OC)cnn12.CO[C@@H]1CC[C@H]1NC(=O)c1cnn2c(N(C)C(=O)OC(C)(C)C)cc(Cl)nc12.CO[C@@H]1CC[C@H]1NC(=O)c1cnn2c(N(C)C(=O)OC(C)(C)C)cc(Nc3cccn(C4CCN(CCF)CC4)c3=O)nc12.Nc1cccn(C2CCN(CCF)CC2)c1=O. The van der Waals surface area contributed by atoms with E-state index in [1.165, 1.54) is 57.6 Å². The minimum atomic E-state index is -0.745. The third kappa shape index (κ3) is 22.6. The first-order valence-corrected chi connectivity index (χ1v) is 42.9. The Balaban J connectivity index is 0.000000160. The number of amides is 5. The summed E-state index contributed by atoms with van der Waals surface area (Å²) in [5.41, 5.74) is 6.30. The van der Waals surface area contributed by atoms with Gasteiger partial charge < -0.3 is 89.7 Å². The Labute approximate surface area is 732 Å². The molecule has 682 valence electrons. The van der Waals surface area contributed by atoms with Gasteiger partial charge in [-0.05, 0) is 155 Å². The Bertz CT molecular complexity index is 5470. The zero-order valence-electron chi connectivity index (χ0n) is 73.3. The standard InChI is InChI=1S/C30H41FN8O5.C25H33FN8O3.C18H24ClN5O4.C12H18FN3O/c1-30(2,3)44-29(42)36(4)25-17-24(35-26-20(18-32-39(25)26)27(40)34-21-8-9-23(21)43-5)33-22-7-6-13-38(28(22)41)19-10-14-37(15-11-19)16-12-31;1-27-22-14-21(31-23-17(15-28-34(22)23)24(35)30-18-5-6-20(18)37-2)29-19-4-3-10-33(25(19)36)16-7-11-32(12-8-16)13-9-26;1-18(2,3)28-17(26)23(4)14-8-13(19)22-15-10(9-20-24(14)15)16(25)21-11-6-7-12(11)27-5;13-5-9-15-7-3-10(4-8-15)16-6-1-2-11(14)12(16)17/h6-7,13,17-19,21,23H,8-12,14-16H2,1-5H3,(H,33,35)(H,34,40);3-4,10,14-16,18,20,27H,5-9,11-13H2,1-2H3,(H,29,31)(H,30,35);8-9,11-12H,6-7H2,1-5H3,(H,21,25);1-2,6,10H,3-5,7-9,14H2/t21-,23-;18-,20-;11-,12-;/m111./s1. The average Bonchev–Trinajstić information content (AvgIpc) is 1.61. The van der Waals surface area contributed by atoms with Gasteiger partial charge in [0.2, 0.25) is 0 Å². The first-order valence-electron chi connectivity index (χ1n) is 42.6. The van der Waals surface area contributed by atoms with E-state index in [2.05, 4.69) is 76.8 Å². The fourth-order valence-corrected chi connectivity index (χ4v) is 16.1. The highest BCUT2D eigenvalue weighted by Gasteiger charge is 2.38. The molecule has 0 spiro atoms. The molecule has 3 saturated heterocycles. The number of carbonyl (C=O) groups excluding carboxylic acids is 5. The number of carbonyl (C=O) groups is 5. The van der Waals surface area contributed by atoms with E-state index in [1.54, 1.807) is 149 Å². The lowest BCUT2D eigenvalue weighted by Crippen LogP contribution is -2.51. The lowest BCUT2D eigenvalue weighted by atomic mass is 9.89. The Morgan fingerprint density at radius 1 is 0.484 bits per heavy atom. The van der Waals surface area contributed by atoms with Crippen molar-refractivity contribution in [2.45, 2.75) is 184 Å². The number of halogens is 4. The number of nitrogens with one attached hydrogen (secondary N) is 6. The summed E-state index contributed by atoms with van der Waals surface area (Å²) < 4.78 is 74.2. The molecule has 12 heterocycles. The zero-order chi connectivity index (χ0) is 90.4. The van der Waals surface area contributed by atoms with E-state index in [9.17, 15) is 51.5 Å². The number of likely N-dealkylation sites (tertiary alicyclic amines) is 3. The normalized spacial score (nSPS) is 19.6. The van der Waals surface area contributed by atoms with Crippen molar-refractivity contribution in [1.82, 2.24) is 88.1 Å². The van der Waals surface area contributed by atoms with Crippen LogP contribution in [0, 0.1) is 0 Å². The Kier molecular flexibility index (Phi) is 31.2. The predicted molar refractivity (Wildman–Crippen MR) is 472 cm³/mol. The molecule has 3 saturated carbocycles. The van der Waals surface area contributed by atoms with Crippen molar-refractivity contribution in [3.05, 3.63) is 145 Å². The van der Waals surface area contributed by atoms with Crippen LogP contribution in [-0.4, -0.2) is 271 Å². The number of ether oxygens (including phenoxy) is 5. The Morgan fingerprint density at radius 2 is 0.825 bits per heavy atom.